The third-order valence-corrected chi connectivity index (χ3v) is 2.72. The molecule has 1 heterocycles. The molecule has 104 valence electrons. The number of hydrogen-bond acceptors (Lipinski definition) is 4. The lowest BCUT2D eigenvalue weighted by atomic mass is 10.1. The number of hydrogen-bond donors (Lipinski definition) is 2. The molecular weight excluding hydrogens is 261 g/mol. The van der Waals surface area contributed by atoms with Crippen LogP contribution in [0.3, 0.4) is 0 Å². The Labute approximate surface area is 115 Å². The van der Waals surface area contributed by atoms with Crippen molar-refractivity contribution in [1.29, 1.82) is 0 Å². The minimum Gasteiger partial charge on any atom is -0.476 e. The number of carbonyl (C=O) groups is 1. The topological polar surface area (TPSA) is 75.1 Å². The molecule has 6 heteroatoms. The summed E-state index contributed by atoms with van der Waals surface area (Å²) in [6, 6.07) is 6.36. The Morgan fingerprint density at radius 3 is 2.55 bits per heavy atom. The van der Waals surface area contributed by atoms with Gasteiger partial charge in [0.15, 0.2) is 5.69 Å². The fourth-order valence-corrected chi connectivity index (χ4v) is 1.79. The van der Waals surface area contributed by atoms with E-state index in [0.29, 0.717) is 12.2 Å². The summed E-state index contributed by atoms with van der Waals surface area (Å²) in [5.41, 5.74) is 0.906. The molecule has 1 aromatic heterocycles. The summed E-state index contributed by atoms with van der Waals surface area (Å²) in [5.74, 6) is -0.863. The van der Waals surface area contributed by atoms with Gasteiger partial charge in [0.2, 0.25) is 0 Å². The van der Waals surface area contributed by atoms with E-state index in [1.165, 1.54) is 24.5 Å². The molecule has 5 nitrogen and oxygen atoms in total. The van der Waals surface area contributed by atoms with Crippen LogP contribution in [-0.2, 0) is 6.42 Å². The number of nitrogens with zero attached hydrogens (tertiary/aromatic N) is 2. The van der Waals surface area contributed by atoms with Crippen LogP contribution in [0.5, 0.6) is 0 Å². The lowest BCUT2D eigenvalue weighted by Gasteiger charge is -2.14. The molecule has 0 radical (unpaired) electrons. The van der Waals surface area contributed by atoms with E-state index < -0.39 is 5.97 Å². The average Bonchev–Trinajstić information content (AvgIpc) is 2.42. The second-order valence-corrected chi connectivity index (χ2v) is 4.47. The van der Waals surface area contributed by atoms with Crippen LogP contribution in [0.15, 0.2) is 36.7 Å². The van der Waals surface area contributed by atoms with E-state index in [-0.39, 0.29) is 17.6 Å². The Morgan fingerprint density at radius 1 is 1.30 bits per heavy atom. The zero-order valence-corrected chi connectivity index (χ0v) is 10.9. The van der Waals surface area contributed by atoms with Gasteiger partial charge in [0.25, 0.3) is 0 Å². The second kappa shape index (κ2) is 6.10. The molecule has 0 aliphatic rings. The first kappa shape index (κ1) is 13.9. The standard InChI is InChI=1S/C14H14FN3O2/c1-9(6-10-2-4-11(15)5-3-10)18-13-8-16-12(7-17-13)14(19)20/h2-5,7-9H,6H2,1H3,(H,17,18)(H,19,20). The zero-order valence-electron chi connectivity index (χ0n) is 10.9. The van der Waals surface area contributed by atoms with Crippen LogP contribution in [0.2, 0.25) is 0 Å². The van der Waals surface area contributed by atoms with Crippen molar-refractivity contribution in [3.8, 4) is 0 Å². The van der Waals surface area contributed by atoms with Gasteiger partial charge in [0.1, 0.15) is 11.6 Å². The summed E-state index contributed by atoms with van der Waals surface area (Å²) in [4.78, 5) is 18.4. The molecule has 1 atom stereocenters. The number of benzene rings is 1. The number of aromatic nitrogens is 2. The Hall–Kier alpha value is -2.50. The van der Waals surface area contributed by atoms with Crippen LogP contribution in [0, 0.1) is 5.82 Å². The van der Waals surface area contributed by atoms with Crippen molar-refractivity contribution in [3.05, 3.63) is 53.7 Å². The van der Waals surface area contributed by atoms with E-state index in [1.54, 1.807) is 12.1 Å². The van der Waals surface area contributed by atoms with Crippen LogP contribution < -0.4 is 5.32 Å². The number of carboxylic acids is 1. The van der Waals surface area contributed by atoms with Crippen molar-refractivity contribution in [2.45, 2.75) is 19.4 Å². The molecule has 2 aromatic rings. The molecule has 0 fully saturated rings. The third kappa shape index (κ3) is 3.74. The molecule has 2 N–H and O–H groups in total. The first-order valence-corrected chi connectivity index (χ1v) is 6.11. The van der Waals surface area contributed by atoms with E-state index in [9.17, 15) is 9.18 Å². The molecule has 0 saturated heterocycles. The van der Waals surface area contributed by atoms with Crippen molar-refractivity contribution < 1.29 is 14.3 Å². The van der Waals surface area contributed by atoms with E-state index in [4.69, 9.17) is 5.11 Å². The number of halogens is 1. The summed E-state index contributed by atoms with van der Waals surface area (Å²) in [5, 5.41) is 11.8. The quantitative estimate of drug-likeness (QED) is 0.876. The first-order chi connectivity index (χ1) is 9.54. The predicted octanol–water partition coefficient (Wildman–Crippen LogP) is 2.36. The van der Waals surface area contributed by atoms with Crippen LogP contribution >= 0.6 is 0 Å². The fraction of sp³-hybridized carbons (Fsp3) is 0.214. The monoisotopic (exact) mass is 275 g/mol. The highest BCUT2D eigenvalue weighted by Crippen LogP contribution is 2.09. The molecule has 20 heavy (non-hydrogen) atoms. The van der Waals surface area contributed by atoms with Crippen molar-refractivity contribution in [3.63, 3.8) is 0 Å². The maximum absolute atomic E-state index is 12.8. The summed E-state index contributed by atoms with van der Waals surface area (Å²) < 4.78 is 12.8. The number of nitrogens with one attached hydrogen (secondary N) is 1. The Bertz CT molecular complexity index is 584. The van der Waals surface area contributed by atoms with Crippen LogP contribution in [0.4, 0.5) is 10.2 Å². The highest BCUT2D eigenvalue weighted by atomic mass is 19.1. The van der Waals surface area contributed by atoms with Gasteiger partial charge in [-0.1, -0.05) is 12.1 Å². The lowest BCUT2D eigenvalue weighted by Crippen LogP contribution is -2.19. The number of anilines is 1. The van der Waals surface area contributed by atoms with E-state index in [2.05, 4.69) is 15.3 Å². The average molecular weight is 275 g/mol. The smallest absolute Gasteiger partial charge is 0.356 e. The van der Waals surface area contributed by atoms with E-state index >= 15 is 0 Å². The SMILES string of the molecule is CC(Cc1ccc(F)cc1)Nc1cnc(C(=O)O)cn1. The number of rotatable bonds is 5. The Morgan fingerprint density at radius 2 is 2.00 bits per heavy atom. The summed E-state index contributed by atoms with van der Waals surface area (Å²) in [7, 11) is 0. The Balaban J connectivity index is 1.95. The summed E-state index contributed by atoms with van der Waals surface area (Å²) >= 11 is 0. The largest absolute Gasteiger partial charge is 0.476 e. The molecule has 0 aliphatic carbocycles. The molecule has 0 aliphatic heterocycles. The molecule has 0 spiro atoms. The van der Waals surface area contributed by atoms with E-state index in [0.717, 1.165) is 5.56 Å². The van der Waals surface area contributed by atoms with Crippen molar-refractivity contribution >= 4 is 11.8 Å². The van der Waals surface area contributed by atoms with Gasteiger partial charge in [-0.25, -0.2) is 19.2 Å². The number of carboxylic acid groups (broad SMARTS) is 1. The molecular formula is C14H14FN3O2. The van der Waals surface area contributed by atoms with Gasteiger partial charge < -0.3 is 10.4 Å². The van der Waals surface area contributed by atoms with Crippen LogP contribution in [-0.4, -0.2) is 27.1 Å². The Kier molecular flexibility index (Phi) is 4.24. The summed E-state index contributed by atoms with van der Waals surface area (Å²) in [6.07, 6.45) is 3.28. The maximum atomic E-state index is 12.8. The van der Waals surface area contributed by atoms with Gasteiger partial charge in [-0.2, -0.15) is 0 Å². The second-order valence-electron chi connectivity index (χ2n) is 4.47. The van der Waals surface area contributed by atoms with Crippen molar-refractivity contribution in [1.82, 2.24) is 9.97 Å². The molecule has 1 unspecified atom stereocenters. The number of aromatic carboxylic acids is 1. The van der Waals surface area contributed by atoms with Gasteiger partial charge in [-0.15, -0.1) is 0 Å². The van der Waals surface area contributed by atoms with Crippen LogP contribution in [0.25, 0.3) is 0 Å². The lowest BCUT2D eigenvalue weighted by molar-refractivity contribution is 0.0690. The van der Waals surface area contributed by atoms with E-state index in [1.807, 2.05) is 6.92 Å². The van der Waals surface area contributed by atoms with Gasteiger partial charge in [-0.05, 0) is 31.0 Å². The predicted molar refractivity (Wildman–Crippen MR) is 72.2 cm³/mol. The fourth-order valence-electron chi connectivity index (χ4n) is 1.79. The highest BCUT2D eigenvalue weighted by Gasteiger charge is 2.07. The normalized spacial score (nSPS) is 11.9. The zero-order chi connectivity index (χ0) is 14.5. The third-order valence-electron chi connectivity index (χ3n) is 2.72. The highest BCUT2D eigenvalue weighted by molar-refractivity contribution is 5.84. The molecule has 0 amide bonds. The van der Waals surface area contributed by atoms with Gasteiger partial charge in [0.05, 0.1) is 12.4 Å². The van der Waals surface area contributed by atoms with Crippen molar-refractivity contribution in [2.24, 2.45) is 0 Å². The van der Waals surface area contributed by atoms with Crippen LogP contribution in [0.1, 0.15) is 23.0 Å². The van der Waals surface area contributed by atoms with Gasteiger partial charge in [0, 0.05) is 6.04 Å². The molecule has 0 bridgehead atoms. The van der Waals surface area contributed by atoms with Gasteiger partial charge in [-0.3, -0.25) is 0 Å². The minimum atomic E-state index is -1.11. The van der Waals surface area contributed by atoms with Crippen molar-refractivity contribution in [2.75, 3.05) is 5.32 Å². The summed E-state index contributed by atoms with van der Waals surface area (Å²) in [6.45, 7) is 1.95. The maximum Gasteiger partial charge on any atom is 0.356 e. The first-order valence-electron chi connectivity index (χ1n) is 6.11. The molecule has 1 aromatic carbocycles. The van der Waals surface area contributed by atoms with Gasteiger partial charge >= 0.3 is 5.97 Å². The molecule has 2 rings (SSSR count). The molecule has 0 saturated carbocycles. The minimum absolute atomic E-state index is 0.0606.